The fourth-order valence-electron chi connectivity index (χ4n) is 6.36. The summed E-state index contributed by atoms with van der Waals surface area (Å²) < 4.78 is 45.5. The van der Waals surface area contributed by atoms with Crippen molar-refractivity contribution >= 4 is 24.0 Å². The third-order valence-electron chi connectivity index (χ3n) is 8.80. The van der Waals surface area contributed by atoms with Gasteiger partial charge in [0.2, 0.25) is 11.8 Å². The number of halogens is 2. The van der Waals surface area contributed by atoms with E-state index >= 15 is 0 Å². The third kappa shape index (κ3) is 7.45. The van der Waals surface area contributed by atoms with E-state index in [0.717, 1.165) is 43.9 Å². The molecule has 3 aliphatic heterocycles. The Morgan fingerprint density at radius 3 is 2.49 bits per heavy atom. The minimum atomic E-state index is -0.736. The Hall–Kier alpha value is -4.40. The van der Waals surface area contributed by atoms with E-state index in [1.165, 1.54) is 12.4 Å². The molecule has 2 aromatic heterocycles. The Morgan fingerprint density at radius 1 is 1.06 bits per heavy atom. The zero-order valence-corrected chi connectivity index (χ0v) is 27.0. The van der Waals surface area contributed by atoms with Crippen molar-refractivity contribution in [1.29, 1.82) is 0 Å². The van der Waals surface area contributed by atoms with Gasteiger partial charge in [-0.25, -0.2) is 23.5 Å². The van der Waals surface area contributed by atoms with Gasteiger partial charge in [0.05, 0.1) is 11.6 Å². The highest BCUT2D eigenvalue weighted by Gasteiger charge is 2.39. The third-order valence-corrected chi connectivity index (χ3v) is 8.80. The molecular weight excluding hydrogens is 614 g/mol. The number of nitrogens with one attached hydrogen (secondary N) is 1. The average molecular weight is 655 g/mol. The molecule has 15 heteroatoms. The number of hydrogen-bond acceptors (Lipinski definition) is 11. The van der Waals surface area contributed by atoms with Crippen LogP contribution >= 0.6 is 0 Å². The van der Waals surface area contributed by atoms with Gasteiger partial charge in [0.25, 0.3) is 5.91 Å². The first-order chi connectivity index (χ1) is 22.4. The minimum absolute atomic E-state index is 0.000764. The molecule has 47 heavy (non-hydrogen) atoms. The van der Waals surface area contributed by atoms with Gasteiger partial charge in [-0.2, -0.15) is 4.98 Å². The second-order valence-electron chi connectivity index (χ2n) is 13.3. The smallest absolute Gasteiger partial charge is 0.407 e. The number of ether oxygens (including phenoxy) is 2. The Kier molecular flexibility index (Phi) is 9.26. The van der Waals surface area contributed by atoms with Crippen LogP contribution in [0.1, 0.15) is 80.2 Å². The molecule has 0 aliphatic carbocycles. The maximum atomic E-state index is 14.9. The van der Waals surface area contributed by atoms with Crippen molar-refractivity contribution in [2.24, 2.45) is 0 Å². The van der Waals surface area contributed by atoms with E-state index in [-0.39, 0.29) is 36.7 Å². The molecule has 1 N–H and O–H groups in total. The summed E-state index contributed by atoms with van der Waals surface area (Å²) >= 11 is 0. The van der Waals surface area contributed by atoms with Gasteiger partial charge in [0.1, 0.15) is 23.3 Å². The molecule has 5 heterocycles. The maximum absolute atomic E-state index is 14.9. The molecule has 6 rings (SSSR count). The first kappa shape index (κ1) is 32.5. The van der Waals surface area contributed by atoms with Crippen LogP contribution in [-0.2, 0) is 9.47 Å². The van der Waals surface area contributed by atoms with Crippen LogP contribution in [0, 0.1) is 11.6 Å². The lowest BCUT2D eigenvalue weighted by Gasteiger charge is -2.35. The molecule has 252 valence electrons. The fourth-order valence-corrected chi connectivity index (χ4v) is 6.36. The van der Waals surface area contributed by atoms with E-state index < -0.39 is 35.3 Å². The standard InChI is InChI=1S/C32H40F2N8O5/c1-32(2,3)46-31(44)37-25-18-42(17-23(25)22-14-20(33)7-8-24(22)34)29-35-15-19(16-36-29)28(43)40(4)21-9-11-41(12-10-21)30-38-27(39-47-30)26-6-5-13-45-26/h7-8,14-16,21,23,25-26H,5-6,9-13,17-18H2,1-4H3,(H,37,44). The molecule has 13 nitrogen and oxygen atoms in total. The number of aromatic nitrogens is 4. The molecule has 0 bridgehead atoms. The van der Waals surface area contributed by atoms with Crippen molar-refractivity contribution in [3.05, 3.63) is 59.2 Å². The lowest BCUT2D eigenvalue weighted by molar-refractivity contribution is 0.0504. The van der Waals surface area contributed by atoms with Gasteiger partial charge in [-0.05, 0) is 70.2 Å². The molecule has 3 atom stereocenters. The second-order valence-corrected chi connectivity index (χ2v) is 13.3. The molecule has 0 saturated carbocycles. The van der Waals surface area contributed by atoms with Crippen molar-refractivity contribution in [2.45, 2.75) is 76.2 Å². The van der Waals surface area contributed by atoms with Gasteiger partial charge in [-0.1, -0.05) is 5.16 Å². The molecule has 0 spiro atoms. The first-order valence-corrected chi connectivity index (χ1v) is 15.9. The summed E-state index contributed by atoms with van der Waals surface area (Å²) in [7, 11) is 1.77. The highest BCUT2D eigenvalue weighted by Crippen LogP contribution is 2.33. The van der Waals surface area contributed by atoms with Crippen LogP contribution in [0.3, 0.4) is 0 Å². The van der Waals surface area contributed by atoms with E-state index in [2.05, 4.69) is 25.4 Å². The van der Waals surface area contributed by atoms with Gasteiger partial charge >= 0.3 is 12.1 Å². The number of amides is 2. The van der Waals surface area contributed by atoms with E-state index in [0.29, 0.717) is 43.0 Å². The van der Waals surface area contributed by atoms with Crippen molar-refractivity contribution in [3.8, 4) is 0 Å². The predicted octanol–water partition coefficient (Wildman–Crippen LogP) is 4.23. The molecule has 0 radical (unpaired) electrons. The second kappa shape index (κ2) is 13.4. The quantitative estimate of drug-likeness (QED) is 0.392. The van der Waals surface area contributed by atoms with Gasteiger partial charge in [-0.15, -0.1) is 0 Å². The average Bonchev–Trinajstić information content (AvgIpc) is 3.82. The summed E-state index contributed by atoms with van der Waals surface area (Å²) in [5.41, 5.74) is -0.275. The molecule has 2 amide bonds. The number of piperidine rings is 1. The van der Waals surface area contributed by atoms with E-state index in [4.69, 9.17) is 14.0 Å². The summed E-state index contributed by atoms with van der Waals surface area (Å²) in [5, 5.41) is 6.90. The van der Waals surface area contributed by atoms with E-state index in [1.807, 2.05) is 4.90 Å². The SMILES string of the molecule is CN(C(=O)c1cnc(N2CC(NC(=O)OC(C)(C)C)C(c3cc(F)ccc3F)C2)nc1)C1CCN(c2nc(C3CCCO3)no2)CC1. The Bertz CT molecular complexity index is 1570. The normalized spacial score (nSPS) is 22.0. The van der Waals surface area contributed by atoms with Crippen LogP contribution in [0.4, 0.5) is 25.5 Å². The van der Waals surface area contributed by atoms with Gasteiger partial charge < -0.3 is 34.0 Å². The number of carbonyl (C=O) groups is 2. The van der Waals surface area contributed by atoms with Gasteiger partial charge in [-0.3, -0.25) is 4.79 Å². The first-order valence-electron chi connectivity index (χ1n) is 15.9. The number of hydrogen-bond donors (Lipinski definition) is 1. The molecule has 3 aliphatic rings. The van der Waals surface area contributed by atoms with Gasteiger partial charge in [0, 0.05) is 64.2 Å². The number of alkyl carbamates (subject to hydrolysis) is 1. The Labute approximate surface area is 271 Å². The molecule has 3 fully saturated rings. The van der Waals surface area contributed by atoms with Crippen LogP contribution in [0.25, 0.3) is 0 Å². The molecule has 3 unspecified atom stereocenters. The number of benzene rings is 1. The Balaban J connectivity index is 1.08. The minimum Gasteiger partial charge on any atom is -0.444 e. The summed E-state index contributed by atoms with van der Waals surface area (Å²) in [4.78, 5) is 45.0. The zero-order chi connectivity index (χ0) is 33.3. The highest BCUT2D eigenvalue weighted by molar-refractivity contribution is 5.93. The summed E-state index contributed by atoms with van der Waals surface area (Å²) in [6.45, 7) is 7.68. The highest BCUT2D eigenvalue weighted by atomic mass is 19.1. The monoisotopic (exact) mass is 654 g/mol. The predicted molar refractivity (Wildman–Crippen MR) is 166 cm³/mol. The molecule has 3 aromatic rings. The molecule has 3 saturated heterocycles. The molecular formula is C32H40F2N8O5. The summed E-state index contributed by atoms with van der Waals surface area (Å²) in [5.74, 6) is -1.09. The van der Waals surface area contributed by atoms with Crippen LogP contribution < -0.4 is 15.1 Å². The van der Waals surface area contributed by atoms with Crippen molar-refractivity contribution < 1.29 is 32.4 Å². The maximum Gasteiger partial charge on any atom is 0.407 e. The molecule has 1 aromatic carbocycles. The lowest BCUT2D eigenvalue weighted by atomic mass is 9.94. The van der Waals surface area contributed by atoms with Crippen LogP contribution in [0.5, 0.6) is 0 Å². The van der Waals surface area contributed by atoms with E-state index in [9.17, 15) is 18.4 Å². The van der Waals surface area contributed by atoms with E-state index in [1.54, 1.807) is 37.6 Å². The summed E-state index contributed by atoms with van der Waals surface area (Å²) in [6.07, 6.45) is 5.47. The lowest BCUT2D eigenvalue weighted by Crippen LogP contribution is -2.45. The number of carbonyl (C=O) groups excluding carboxylic acids is 2. The zero-order valence-electron chi connectivity index (χ0n) is 27.0. The van der Waals surface area contributed by atoms with Crippen molar-refractivity contribution in [2.75, 3.05) is 49.6 Å². The van der Waals surface area contributed by atoms with Crippen LogP contribution in [-0.4, -0.2) is 94.5 Å². The Morgan fingerprint density at radius 2 is 1.81 bits per heavy atom. The summed E-state index contributed by atoms with van der Waals surface area (Å²) in [6, 6.07) is 3.12. The van der Waals surface area contributed by atoms with Crippen molar-refractivity contribution in [3.63, 3.8) is 0 Å². The van der Waals surface area contributed by atoms with Crippen molar-refractivity contribution in [1.82, 2.24) is 30.3 Å². The number of nitrogens with zero attached hydrogens (tertiary/aromatic N) is 7. The number of rotatable bonds is 7. The topological polar surface area (TPSA) is 139 Å². The van der Waals surface area contributed by atoms with Gasteiger partial charge in [0.15, 0.2) is 0 Å². The fraction of sp³-hybridized carbons (Fsp3) is 0.562. The van der Waals surface area contributed by atoms with Crippen LogP contribution in [0.2, 0.25) is 0 Å². The largest absolute Gasteiger partial charge is 0.444 e. The van der Waals surface area contributed by atoms with Crippen LogP contribution in [0.15, 0.2) is 35.1 Å². The number of anilines is 2.